The Hall–Kier alpha value is -1.05. The van der Waals surface area contributed by atoms with Gasteiger partial charge in [0.15, 0.2) is 5.16 Å². The molecule has 0 aliphatic heterocycles. The molecule has 2 rings (SSSR count). The maximum atomic E-state index is 11.5. The van der Waals surface area contributed by atoms with Crippen LogP contribution in [0.1, 0.15) is 12.5 Å². The first-order valence-electron chi connectivity index (χ1n) is 5.97. The highest BCUT2D eigenvalue weighted by atomic mass is 79.9. The minimum absolute atomic E-state index is 0.178. The van der Waals surface area contributed by atoms with E-state index >= 15 is 0 Å². The van der Waals surface area contributed by atoms with E-state index in [-0.39, 0.29) is 5.69 Å². The van der Waals surface area contributed by atoms with E-state index in [9.17, 15) is 4.79 Å². The van der Waals surface area contributed by atoms with E-state index in [4.69, 9.17) is 5.73 Å². The lowest BCUT2D eigenvalue weighted by Crippen LogP contribution is -2.16. The van der Waals surface area contributed by atoms with Crippen LogP contribution in [-0.2, 0) is 13.0 Å². The third-order valence-electron chi connectivity index (χ3n) is 2.68. The summed E-state index contributed by atoms with van der Waals surface area (Å²) in [5.41, 5.74) is 6.61. The van der Waals surface area contributed by atoms with E-state index in [1.165, 1.54) is 11.8 Å². The van der Waals surface area contributed by atoms with Crippen molar-refractivity contribution in [3.05, 3.63) is 38.7 Å². The van der Waals surface area contributed by atoms with Crippen molar-refractivity contribution in [2.45, 2.75) is 29.9 Å². The van der Waals surface area contributed by atoms with Crippen molar-refractivity contribution in [3.63, 3.8) is 0 Å². The van der Waals surface area contributed by atoms with Gasteiger partial charge in [0.05, 0.1) is 0 Å². The highest BCUT2D eigenvalue weighted by Crippen LogP contribution is 2.30. The van der Waals surface area contributed by atoms with Gasteiger partial charge in [-0.2, -0.15) is 0 Å². The first kappa shape index (κ1) is 14.4. The van der Waals surface area contributed by atoms with E-state index in [1.807, 2.05) is 19.1 Å². The second-order valence-corrected chi connectivity index (χ2v) is 5.87. The standard InChI is InChI=1S/C12H15BrN4OS/c1-2-17-11(18)15-16-12(17)19-10-4-3-9(13)7-8(10)5-6-14/h3-4,7H,2,5-6,14H2,1H3,(H,15,18). The van der Waals surface area contributed by atoms with Crippen molar-refractivity contribution >= 4 is 27.7 Å². The van der Waals surface area contributed by atoms with Gasteiger partial charge in [-0.25, -0.2) is 9.89 Å². The molecular formula is C12H15BrN4OS. The number of nitrogens with zero attached hydrogens (tertiary/aromatic N) is 2. The van der Waals surface area contributed by atoms with Gasteiger partial charge in [-0.1, -0.05) is 15.9 Å². The molecule has 0 fully saturated rings. The summed E-state index contributed by atoms with van der Waals surface area (Å²) in [5.74, 6) is 0. The molecule has 0 atom stereocenters. The molecular weight excluding hydrogens is 328 g/mol. The Labute approximate surface area is 123 Å². The van der Waals surface area contributed by atoms with E-state index in [0.29, 0.717) is 18.2 Å². The Kier molecular flexibility index (Phi) is 4.84. The second kappa shape index (κ2) is 6.40. The lowest BCUT2D eigenvalue weighted by atomic mass is 10.1. The van der Waals surface area contributed by atoms with Crippen LogP contribution in [0, 0.1) is 0 Å². The van der Waals surface area contributed by atoms with Crippen molar-refractivity contribution in [3.8, 4) is 0 Å². The average Bonchev–Trinajstić information content (AvgIpc) is 2.73. The Bertz CT molecular complexity index is 622. The Morgan fingerprint density at radius 3 is 3.00 bits per heavy atom. The van der Waals surface area contributed by atoms with Gasteiger partial charge in [-0.3, -0.25) is 4.57 Å². The average molecular weight is 343 g/mol. The van der Waals surface area contributed by atoms with Gasteiger partial charge in [-0.15, -0.1) is 5.10 Å². The van der Waals surface area contributed by atoms with E-state index < -0.39 is 0 Å². The molecule has 0 unspecified atom stereocenters. The van der Waals surface area contributed by atoms with Crippen LogP contribution >= 0.6 is 27.7 Å². The largest absolute Gasteiger partial charge is 0.343 e. The van der Waals surface area contributed by atoms with Crippen LogP contribution in [0.2, 0.25) is 0 Å². The molecule has 1 aromatic heterocycles. The predicted octanol–water partition coefficient (Wildman–Crippen LogP) is 2.01. The molecule has 0 radical (unpaired) electrons. The van der Waals surface area contributed by atoms with Gasteiger partial charge in [0.2, 0.25) is 0 Å². The summed E-state index contributed by atoms with van der Waals surface area (Å²) in [5, 5.41) is 7.20. The number of nitrogens with two attached hydrogens (primary N) is 1. The number of hydrogen-bond acceptors (Lipinski definition) is 4. The topological polar surface area (TPSA) is 76.7 Å². The number of benzene rings is 1. The molecule has 0 aliphatic rings. The predicted molar refractivity (Wildman–Crippen MR) is 79.5 cm³/mol. The highest BCUT2D eigenvalue weighted by Gasteiger charge is 2.11. The molecule has 0 saturated carbocycles. The fourth-order valence-electron chi connectivity index (χ4n) is 1.76. The first-order chi connectivity index (χ1) is 9.15. The Morgan fingerprint density at radius 2 is 2.32 bits per heavy atom. The van der Waals surface area contributed by atoms with Crippen molar-refractivity contribution in [2.75, 3.05) is 6.54 Å². The highest BCUT2D eigenvalue weighted by molar-refractivity contribution is 9.10. The second-order valence-electron chi connectivity index (χ2n) is 3.95. The maximum absolute atomic E-state index is 11.5. The van der Waals surface area contributed by atoms with Gasteiger partial charge in [-0.05, 0) is 55.4 Å². The first-order valence-corrected chi connectivity index (χ1v) is 7.58. The lowest BCUT2D eigenvalue weighted by Gasteiger charge is -2.08. The van der Waals surface area contributed by atoms with Gasteiger partial charge in [0.25, 0.3) is 0 Å². The van der Waals surface area contributed by atoms with Crippen LogP contribution in [0.15, 0.2) is 37.5 Å². The summed E-state index contributed by atoms with van der Waals surface area (Å²) < 4.78 is 2.63. The zero-order chi connectivity index (χ0) is 13.8. The summed E-state index contributed by atoms with van der Waals surface area (Å²) in [6.45, 7) is 3.11. The molecule has 0 amide bonds. The monoisotopic (exact) mass is 342 g/mol. The number of hydrogen-bond donors (Lipinski definition) is 2. The quantitative estimate of drug-likeness (QED) is 0.871. The van der Waals surface area contributed by atoms with Gasteiger partial charge in [0.1, 0.15) is 0 Å². The van der Waals surface area contributed by atoms with Crippen molar-refractivity contribution in [2.24, 2.45) is 5.73 Å². The summed E-state index contributed by atoms with van der Waals surface area (Å²) in [6.07, 6.45) is 0.794. The van der Waals surface area contributed by atoms with Crippen LogP contribution in [0.4, 0.5) is 0 Å². The third-order valence-corrected chi connectivity index (χ3v) is 4.28. The molecule has 102 valence electrons. The zero-order valence-electron chi connectivity index (χ0n) is 10.5. The number of rotatable bonds is 5. The van der Waals surface area contributed by atoms with Crippen molar-refractivity contribution in [1.82, 2.24) is 14.8 Å². The Morgan fingerprint density at radius 1 is 1.53 bits per heavy atom. The summed E-state index contributed by atoms with van der Waals surface area (Å²) in [7, 11) is 0. The molecule has 2 aromatic rings. The lowest BCUT2D eigenvalue weighted by molar-refractivity contribution is 0.660. The summed E-state index contributed by atoms with van der Waals surface area (Å²) in [6, 6.07) is 6.04. The molecule has 0 spiro atoms. The Balaban J connectivity index is 2.34. The molecule has 5 nitrogen and oxygen atoms in total. The van der Waals surface area contributed by atoms with Crippen molar-refractivity contribution in [1.29, 1.82) is 0 Å². The summed E-state index contributed by atoms with van der Waals surface area (Å²) in [4.78, 5) is 12.6. The minimum Gasteiger partial charge on any atom is -0.330 e. The molecule has 0 saturated heterocycles. The molecule has 1 aromatic carbocycles. The number of halogens is 1. The SMILES string of the molecule is CCn1c(Sc2ccc(Br)cc2CCN)n[nH]c1=O. The van der Waals surface area contributed by atoms with Gasteiger partial charge in [0, 0.05) is 15.9 Å². The maximum Gasteiger partial charge on any atom is 0.343 e. The van der Waals surface area contributed by atoms with E-state index in [2.05, 4.69) is 32.2 Å². The normalized spacial score (nSPS) is 10.9. The molecule has 1 heterocycles. The molecule has 7 heteroatoms. The molecule has 19 heavy (non-hydrogen) atoms. The number of nitrogens with one attached hydrogen (secondary N) is 1. The molecule has 0 aliphatic carbocycles. The van der Waals surface area contributed by atoms with E-state index in [0.717, 1.165) is 21.4 Å². The third kappa shape index (κ3) is 3.29. The van der Waals surface area contributed by atoms with Gasteiger partial charge >= 0.3 is 5.69 Å². The van der Waals surface area contributed by atoms with E-state index in [1.54, 1.807) is 4.57 Å². The van der Waals surface area contributed by atoms with Crippen LogP contribution in [-0.4, -0.2) is 21.3 Å². The number of aromatic amines is 1. The van der Waals surface area contributed by atoms with Crippen LogP contribution in [0.5, 0.6) is 0 Å². The smallest absolute Gasteiger partial charge is 0.330 e. The fraction of sp³-hybridized carbons (Fsp3) is 0.333. The molecule has 3 N–H and O–H groups in total. The van der Waals surface area contributed by atoms with Crippen LogP contribution in [0.25, 0.3) is 0 Å². The minimum atomic E-state index is -0.178. The zero-order valence-corrected chi connectivity index (χ0v) is 12.9. The molecule has 0 bridgehead atoms. The number of aromatic nitrogens is 3. The van der Waals surface area contributed by atoms with Gasteiger partial charge < -0.3 is 5.73 Å². The summed E-state index contributed by atoms with van der Waals surface area (Å²) >= 11 is 4.94. The van der Waals surface area contributed by atoms with Crippen molar-refractivity contribution < 1.29 is 0 Å². The van der Waals surface area contributed by atoms with Crippen LogP contribution in [0.3, 0.4) is 0 Å². The fourth-order valence-corrected chi connectivity index (χ4v) is 3.20. The van der Waals surface area contributed by atoms with Crippen LogP contribution < -0.4 is 11.4 Å². The number of H-pyrrole nitrogens is 1.